The monoisotopic (exact) mass is 308 g/mol. The van der Waals surface area contributed by atoms with E-state index in [0.717, 1.165) is 4.74 Å². The van der Waals surface area contributed by atoms with E-state index in [4.69, 9.17) is 16.1 Å². The number of hydrogen-bond acceptors (Lipinski definition) is 3. The molecule has 0 saturated carbocycles. The fourth-order valence-corrected chi connectivity index (χ4v) is 2.33. The van der Waals surface area contributed by atoms with Gasteiger partial charge in [-0.25, -0.2) is 9.59 Å². The van der Waals surface area contributed by atoms with Crippen LogP contribution in [0.5, 0.6) is 0 Å². The zero-order valence-electron chi connectivity index (χ0n) is 12.4. The fourth-order valence-electron chi connectivity index (χ4n) is 2.21. The Labute approximate surface area is 127 Å². The first-order valence-electron chi connectivity index (χ1n) is 6.59. The normalized spacial score (nSPS) is 11.0. The van der Waals surface area contributed by atoms with Crippen molar-refractivity contribution in [2.24, 2.45) is 0 Å². The van der Waals surface area contributed by atoms with E-state index >= 15 is 0 Å². The molecule has 6 heteroatoms. The third kappa shape index (κ3) is 2.88. The first-order valence-corrected chi connectivity index (χ1v) is 6.97. The molecule has 0 N–H and O–H groups in total. The number of halogens is 1. The van der Waals surface area contributed by atoms with Crippen molar-refractivity contribution in [3.63, 3.8) is 0 Å². The Morgan fingerprint density at radius 1 is 1.29 bits per heavy atom. The van der Waals surface area contributed by atoms with Gasteiger partial charge in [0.05, 0.1) is 11.3 Å². The molecular formula is C15H17ClN2O3. The molecule has 112 valence electrons. The lowest BCUT2D eigenvalue weighted by Crippen LogP contribution is -2.31. The van der Waals surface area contributed by atoms with Gasteiger partial charge in [0.1, 0.15) is 0 Å². The summed E-state index contributed by atoms with van der Waals surface area (Å²) in [5.74, 6) is -0.00358. The zero-order valence-corrected chi connectivity index (χ0v) is 13.1. The molecule has 21 heavy (non-hydrogen) atoms. The van der Waals surface area contributed by atoms with Crippen molar-refractivity contribution in [1.29, 1.82) is 0 Å². The molecule has 1 heterocycles. The lowest BCUT2D eigenvalue weighted by atomic mass is 10.1. The molecule has 0 radical (unpaired) electrons. The highest BCUT2D eigenvalue weighted by atomic mass is 35.5. The number of aromatic nitrogens is 1. The third-order valence-corrected chi connectivity index (χ3v) is 3.59. The Hall–Kier alpha value is -2.01. The van der Waals surface area contributed by atoms with Crippen LogP contribution in [0, 0.1) is 6.92 Å². The predicted octanol–water partition coefficient (Wildman–Crippen LogP) is 3.63. The first-order chi connectivity index (χ1) is 9.82. The summed E-state index contributed by atoms with van der Waals surface area (Å²) >= 11 is 5.83. The average molecular weight is 309 g/mol. The van der Waals surface area contributed by atoms with Crippen molar-refractivity contribution in [2.75, 3.05) is 11.9 Å². The summed E-state index contributed by atoms with van der Waals surface area (Å²) in [6.45, 7) is 5.47. The van der Waals surface area contributed by atoms with Crippen LogP contribution < -0.4 is 10.5 Å². The Bertz CT molecular complexity index is 714. The Morgan fingerprint density at radius 3 is 2.33 bits per heavy atom. The van der Waals surface area contributed by atoms with Crippen molar-refractivity contribution in [2.45, 2.75) is 26.7 Å². The van der Waals surface area contributed by atoms with Crippen LogP contribution in [-0.2, 0) is 0 Å². The van der Waals surface area contributed by atoms with Crippen molar-refractivity contribution in [1.82, 2.24) is 4.74 Å². The summed E-state index contributed by atoms with van der Waals surface area (Å²) in [6.07, 6.45) is 0. The highest BCUT2D eigenvalue weighted by molar-refractivity contribution is 6.30. The zero-order chi connectivity index (χ0) is 15.7. The van der Waals surface area contributed by atoms with Gasteiger partial charge in [0, 0.05) is 17.8 Å². The van der Waals surface area contributed by atoms with Gasteiger partial charge in [0.2, 0.25) is 0 Å². The van der Waals surface area contributed by atoms with Gasteiger partial charge in [-0.3, -0.25) is 4.90 Å². The number of hydrogen-bond donors (Lipinski definition) is 0. The molecule has 0 saturated heterocycles. The van der Waals surface area contributed by atoms with E-state index in [9.17, 15) is 9.59 Å². The van der Waals surface area contributed by atoms with Gasteiger partial charge in [0.25, 0.3) is 0 Å². The molecule has 0 unspecified atom stereocenters. The molecular weight excluding hydrogens is 292 g/mol. The second-order valence-electron chi connectivity index (χ2n) is 5.14. The number of rotatable bonds is 2. The predicted molar refractivity (Wildman–Crippen MR) is 82.4 cm³/mol. The van der Waals surface area contributed by atoms with Gasteiger partial charge < -0.3 is 4.52 Å². The third-order valence-electron chi connectivity index (χ3n) is 3.34. The van der Waals surface area contributed by atoms with E-state index in [1.54, 1.807) is 38.2 Å². The van der Waals surface area contributed by atoms with E-state index in [-0.39, 0.29) is 5.92 Å². The number of benzene rings is 1. The summed E-state index contributed by atoms with van der Waals surface area (Å²) in [5.41, 5.74) is 1.24. The maximum absolute atomic E-state index is 12.5. The summed E-state index contributed by atoms with van der Waals surface area (Å²) in [7, 11) is 1.61. The van der Waals surface area contributed by atoms with Gasteiger partial charge in [-0.2, -0.15) is 0 Å². The number of carbonyl (C=O) groups is 1. The molecule has 1 aromatic heterocycles. The van der Waals surface area contributed by atoms with Crippen molar-refractivity contribution in [3.8, 4) is 0 Å². The summed E-state index contributed by atoms with van der Waals surface area (Å²) in [4.78, 5) is 25.7. The fraction of sp³-hybridized carbons (Fsp3) is 0.333. The highest BCUT2D eigenvalue weighted by Crippen LogP contribution is 2.20. The molecule has 0 bridgehead atoms. The van der Waals surface area contributed by atoms with E-state index in [1.165, 1.54) is 4.90 Å². The van der Waals surface area contributed by atoms with E-state index < -0.39 is 11.7 Å². The minimum absolute atomic E-state index is 0.00358. The summed E-state index contributed by atoms with van der Waals surface area (Å²) < 4.78 is 6.11. The van der Waals surface area contributed by atoms with Gasteiger partial charge in [-0.1, -0.05) is 25.4 Å². The quantitative estimate of drug-likeness (QED) is 0.851. The van der Waals surface area contributed by atoms with Crippen molar-refractivity contribution >= 4 is 23.3 Å². The molecule has 0 aliphatic heterocycles. The standard InChI is InChI=1S/C15H17ClN2O3/c1-9(2)13-10(3)18(21-14(13)19)15(20)17(4)12-7-5-11(16)6-8-12/h5-9H,1-4H3. The number of nitrogens with zero attached hydrogens (tertiary/aromatic N) is 2. The number of carbonyl (C=O) groups excluding carboxylic acids is 1. The van der Waals surface area contributed by atoms with E-state index in [2.05, 4.69) is 0 Å². The van der Waals surface area contributed by atoms with E-state index in [0.29, 0.717) is 22.0 Å². The van der Waals surface area contributed by atoms with Crippen LogP contribution in [0.3, 0.4) is 0 Å². The molecule has 0 atom stereocenters. The molecule has 2 rings (SSSR count). The van der Waals surface area contributed by atoms with Crippen LogP contribution in [0.4, 0.5) is 10.5 Å². The molecule has 0 aliphatic rings. The molecule has 0 spiro atoms. The van der Waals surface area contributed by atoms with E-state index in [1.807, 2.05) is 13.8 Å². The molecule has 2 aromatic rings. The van der Waals surface area contributed by atoms with Gasteiger partial charge in [0.15, 0.2) is 0 Å². The van der Waals surface area contributed by atoms with Crippen LogP contribution >= 0.6 is 11.6 Å². The number of amides is 1. The molecule has 5 nitrogen and oxygen atoms in total. The van der Waals surface area contributed by atoms with Gasteiger partial charge in [-0.15, -0.1) is 4.74 Å². The Kier molecular flexibility index (Phi) is 4.23. The van der Waals surface area contributed by atoms with Gasteiger partial charge >= 0.3 is 11.7 Å². The second kappa shape index (κ2) is 5.77. The van der Waals surface area contributed by atoms with Crippen LogP contribution in [0.25, 0.3) is 0 Å². The SMILES string of the molecule is Cc1c(C(C)C)c(=O)on1C(=O)N(C)c1ccc(Cl)cc1. The van der Waals surface area contributed by atoms with Crippen LogP contribution in [-0.4, -0.2) is 17.8 Å². The lowest BCUT2D eigenvalue weighted by Gasteiger charge is -2.17. The number of anilines is 1. The van der Waals surface area contributed by atoms with Crippen LogP contribution in [0.2, 0.25) is 5.02 Å². The Morgan fingerprint density at radius 2 is 1.86 bits per heavy atom. The molecule has 1 amide bonds. The minimum atomic E-state index is -0.472. The van der Waals surface area contributed by atoms with Crippen LogP contribution in [0.15, 0.2) is 33.6 Å². The second-order valence-corrected chi connectivity index (χ2v) is 5.58. The van der Waals surface area contributed by atoms with Crippen LogP contribution in [0.1, 0.15) is 31.0 Å². The molecule has 1 aromatic carbocycles. The smallest absolute Gasteiger partial charge is 0.327 e. The first kappa shape index (κ1) is 15.4. The largest absolute Gasteiger partial charge is 0.362 e. The average Bonchev–Trinajstić information content (AvgIpc) is 2.73. The summed E-state index contributed by atoms with van der Waals surface area (Å²) in [6, 6.07) is 6.40. The van der Waals surface area contributed by atoms with Crippen molar-refractivity contribution < 1.29 is 9.32 Å². The van der Waals surface area contributed by atoms with Crippen molar-refractivity contribution in [3.05, 3.63) is 51.0 Å². The summed E-state index contributed by atoms with van der Waals surface area (Å²) in [5, 5.41) is 0.588. The lowest BCUT2D eigenvalue weighted by molar-refractivity contribution is 0.212. The minimum Gasteiger partial charge on any atom is -0.327 e. The molecule has 0 aliphatic carbocycles. The Balaban J connectivity index is 2.38. The maximum Gasteiger partial charge on any atom is 0.362 e. The topological polar surface area (TPSA) is 55.5 Å². The highest BCUT2D eigenvalue weighted by Gasteiger charge is 2.23. The maximum atomic E-state index is 12.5. The van der Waals surface area contributed by atoms with Gasteiger partial charge in [-0.05, 0) is 37.1 Å². The molecule has 0 fully saturated rings.